The first kappa shape index (κ1) is 15.5. The van der Waals surface area contributed by atoms with E-state index in [1.807, 2.05) is 25.3 Å². The topological polar surface area (TPSA) is 29.5 Å². The molecular weight excluding hydrogens is 294 g/mol. The first-order valence-electron chi connectivity index (χ1n) is 6.91. The molecule has 0 saturated carbocycles. The third-order valence-electron chi connectivity index (χ3n) is 3.52. The molecule has 0 amide bonds. The molecule has 1 unspecified atom stereocenters. The maximum Gasteiger partial charge on any atom is 0.324 e. The minimum atomic E-state index is -0.237. The van der Waals surface area contributed by atoms with E-state index in [9.17, 15) is 4.79 Å². The van der Waals surface area contributed by atoms with Crippen LogP contribution in [-0.2, 0) is 4.79 Å². The second-order valence-electron chi connectivity index (χ2n) is 4.96. The van der Waals surface area contributed by atoms with Crippen molar-refractivity contribution in [3.63, 3.8) is 0 Å². The van der Waals surface area contributed by atoms with Crippen LogP contribution in [0.3, 0.4) is 0 Å². The number of ether oxygens (including phenoxy) is 1. The Bertz CT molecular complexity index is 475. The molecule has 1 aliphatic heterocycles. The van der Waals surface area contributed by atoms with Gasteiger partial charge in [0.15, 0.2) is 0 Å². The molecule has 1 aromatic carbocycles. The summed E-state index contributed by atoms with van der Waals surface area (Å²) in [6.45, 7) is 3.92. The summed E-state index contributed by atoms with van der Waals surface area (Å²) < 4.78 is 5.33. The first-order valence-corrected chi connectivity index (χ1v) is 8.57. The molecular formula is C15H20ClNO2S. The van der Waals surface area contributed by atoms with Crippen molar-refractivity contribution < 1.29 is 9.53 Å². The average Bonchev–Trinajstić information content (AvgIpc) is 2.47. The molecule has 110 valence electrons. The number of esters is 1. The zero-order chi connectivity index (χ0) is 14.5. The number of hydrogen-bond donors (Lipinski definition) is 0. The summed E-state index contributed by atoms with van der Waals surface area (Å²) in [7, 11) is 0. The highest BCUT2D eigenvalue weighted by Crippen LogP contribution is 2.31. The number of rotatable bonds is 4. The Hall–Kier alpha value is -0.870. The first-order chi connectivity index (χ1) is 9.61. The lowest BCUT2D eigenvalue weighted by molar-refractivity contribution is -0.133. The van der Waals surface area contributed by atoms with Crippen LogP contribution in [0.2, 0.25) is 5.02 Å². The van der Waals surface area contributed by atoms with E-state index in [1.54, 1.807) is 6.07 Å². The molecule has 1 saturated heterocycles. The fraction of sp³-hybridized carbons (Fsp3) is 0.533. The maximum absolute atomic E-state index is 11.7. The van der Waals surface area contributed by atoms with Gasteiger partial charge in [-0.1, -0.05) is 11.6 Å². The molecule has 3 nitrogen and oxygen atoms in total. The van der Waals surface area contributed by atoms with Crippen molar-refractivity contribution in [2.45, 2.75) is 31.4 Å². The Balaban J connectivity index is 2.07. The van der Waals surface area contributed by atoms with Gasteiger partial charge in [-0.3, -0.25) is 4.79 Å². The van der Waals surface area contributed by atoms with Gasteiger partial charge in [0.2, 0.25) is 0 Å². The summed E-state index contributed by atoms with van der Waals surface area (Å²) in [5, 5.41) is 0.476. The molecule has 0 aromatic heterocycles. The number of carbonyl (C=O) groups is 1. The number of benzene rings is 1. The number of hydrogen-bond acceptors (Lipinski definition) is 4. The lowest BCUT2D eigenvalue weighted by atomic mass is 10.1. The number of anilines is 1. The predicted molar refractivity (Wildman–Crippen MR) is 86.1 cm³/mol. The van der Waals surface area contributed by atoms with Gasteiger partial charge >= 0.3 is 5.97 Å². The van der Waals surface area contributed by atoms with E-state index in [0.29, 0.717) is 10.8 Å². The molecule has 20 heavy (non-hydrogen) atoms. The lowest BCUT2D eigenvalue weighted by Gasteiger charge is -2.29. The quantitative estimate of drug-likeness (QED) is 0.621. The van der Waals surface area contributed by atoms with Crippen molar-refractivity contribution in [3.05, 3.63) is 23.2 Å². The number of carbonyl (C=O) groups excluding carboxylic acids is 1. The summed E-state index contributed by atoms with van der Waals surface area (Å²) in [6, 6.07) is 5.50. The van der Waals surface area contributed by atoms with Crippen LogP contribution >= 0.6 is 23.4 Å². The van der Waals surface area contributed by atoms with E-state index < -0.39 is 0 Å². The van der Waals surface area contributed by atoms with Crippen LogP contribution in [0.1, 0.15) is 26.2 Å². The highest BCUT2D eigenvalue weighted by molar-refractivity contribution is 7.99. The lowest BCUT2D eigenvalue weighted by Crippen LogP contribution is -2.29. The maximum atomic E-state index is 11.7. The van der Waals surface area contributed by atoms with Gasteiger partial charge in [-0.2, -0.15) is 11.8 Å². The van der Waals surface area contributed by atoms with E-state index in [1.165, 1.54) is 31.0 Å². The zero-order valence-corrected chi connectivity index (χ0v) is 13.5. The predicted octanol–water partition coefficient (Wildman–Crippen LogP) is 3.99. The van der Waals surface area contributed by atoms with Crippen LogP contribution in [-0.4, -0.2) is 30.6 Å². The van der Waals surface area contributed by atoms with Crippen LogP contribution < -0.4 is 9.64 Å². The van der Waals surface area contributed by atoms with Crippen molar-refractivity contribution in [1.29, 1.82) is 0 Å². The van der Waals surface area contributed by atoms with Crippen LogP contribution in [0, 0.1) is 0 Å². The Morgan fingerprint density at radius 2 is 2.05 bits per heavy atom. The van der Waals surface area contributed by atoms with Crippen molar-refractivity contribution >= 4 is 35.0 Å². The summed E-state index contributed by atoms with van der Waals surface area (Å²) in [4.78, 5) is 14.0. The Morgan fingerprint density at radius 1 is 1.35 bits per heavy atom. The molecule has 0 aliphatic carbocycles. The number of nitrogens with zero attached hydrogens (tertiary/aromatic N) is 1. The summed E-state index contributed by atoms with van der Waals surface area (Å²) in [5.74, 6) is 0.279. The fourth-order valence-electron chi connectivity index (χ4n) is 2.24. The van der Waals surface area contributed by atoms with E-state index in [4.69, 9.17) is 16.3 Å². The van der Waals surface area contributed by atoms with E-state index in [-0.39, 0.29) is 11.2 Å². The second-order valence-corrected chi connectivity index (χ2v) is 6.55. The van der Waals surface area contributed by atoms with Gasteiger partial charge < -0.3 is 9.64 Å². The second kappa shape index (κ2) is 7.23. The zero-order valence-electron chi connectivity index (χ0n) is 11.9. The van der Waals surface area contributed by atoms with Crippen LogP contribution in [0.5, 0.6) is 5.75 Å². The third kappa shape index (κ3) is 3.83. The molecule has 1 fully saturated rings. The molecule has 0 radical (unpaired) electrons. The van der Waals surface area contributed by atoms with Crippen LogP contribution in [0.25, 0.3) is 0 Å². The van der Waals surface area contributed by atoms with Crippen molar-refractivity contribution in [1.82, 2.24) is 0 Å². The molecule has 1 aromatic rings. The van der Waals surface area contributed by atoms with Gasteiger partial charge in [-0.15, -0.1) is 0 Å². The Morgan fingerprint density at radius 3 is 2.65 bits per heavy atom. The van der Waals surface area contributed by atoms with E-state index >= 15 is 0 Å². The Kier molecular flexibility index (Phi) is 5.61. The molecule has 0 N–H and O–H groups in total. The smallest absolute Gasteiger partial charge is 0.324 e. The van der Waals surface area contributed by atoms with Crippen molar-refractivity contribution in [2.75, 3.05) is 24.2 Å². The Labute approximate surface area is 129 Å². The van der Waals surface area contributed by atoms with Gasteiger partial charge in [0.1, 0.15) is 5.75 Å². The molecule has 5 heteroatoms. The standard InChI is InChI=1S/C15H20ClNO2S/c1-11(20-2)15(18)19-12-6-7-14(13(16)10-12)17-8-4-3-5-9-17/h6-7,10-11H,3-5,8-9H2,1-2H3. The summed E-state index contributed by atoms with van der Waals surface area (Å²) in [6.07, 6.45) is 5.59. The fourth-order valence-corrected chi connectivity index (χ4v) is 2.77. The van der Waals surface area contributed by atoms with E-state index in [2.05, 4.69) is 4.90 Å². The normalized spacial score (nSPS) is 16.9. The van der Waals surface area contributed by atoms with Gasteiger partial charge in [-0.05, 0) is 44.6 Å². The number of halogens is 1. The van der Waals surface area contributed by atoms with E-state index in [0.717, 1.165) is 18.8 Å². The molecule has 0 spiro atoms. The summed E-state index contributed by atoms with van der Waals surface area (Å²) in [5.41, 5.74) is 1.03. The minimum absolute atomic E-state index is 0.171. The van der Waals surface area contributed by atoms with Crippen LogP contribution in [0.4, 0.5) is 5.69 Å². The van der Waals surface area contributed by atoms with Crippen LogP contribution in [0.15, 0.2) is 18.2 Å². The van der Waals surface area contributed by atoms with Gasteiger partial charge in [-0.25, -0.2) is 0 Å². The van der Waals surface area contributed by atoms with Gasteiger partial charge in [0.05, 0.1) is 16.0 Å². The van der Waals surface area contributed by atoms with Gasteiger partial charge in [0.25, 0.3) is 0 Å². The SMILES string of the molecule is CSC(C)C(=O)Oc1ccc(N2CCCCC2)c(Cl)c1. The molecule has 0 bridgehead atoms. The molecule has 1 heterocycles. The summed E-state index contributed by atoms with van der Waals surface area (Å²) >= 11 is 7.79. The van der Waals surface area contributed by atoms with Gasteiger partial charge in [0, 0.05) is 19.2 Å². The number of piperidine rings is 1. The highest BCUT2D eigenvalue weighted by atomic mass is 35.5. The monoisotopic (exact) mass is 313 g/mol. The average molecular weight is 314 g/mol. The molecule has 1 aliphatic rings. The number of thioether (sulfide) groups is 1. The third-order valence-corrected chi connectivity index (χ3v) is 4.72. The van der Waals surface area contributed by atoms with Crippen molar-refractivity contribution in [2.24, 2.45) is 0 Å². The largest absolute Gasteiger partial charge is 0.426 e. The van der Waals surface area contributed by atoms with Crippen molar-refractivity contribution in [3.8, 4) is 5.75 Å². The minimum Gasteiger partial charge on any atom is -0.426 e. The highest BCUT2D eigenvalue weighted by Gasteiger charge is 2.17. The molecule has 2 rings (SSSR count). The molecule has 1 atom stereocenters.